The Bertz CT molecular complexity index is 1340. The molecule has 3 rings (SSSR count). The van der Waals surface area contributed by atoms with E-state index in [1.54, 1.807) is 30.3 Å². The topological polar surface area (TPSA) is 86.8 Å². The third-order valence-corrected chi connectivity index (χ3v) is 8.48. The Labute approximate surface area is 226 Å². The van der Waals surface area contributed by atoms with E-state index >= 15 is 0 Å². The molecule has 0 aliphatic heterocycles. The highest BCUT2D eigenvalue weighted by molar-refractivity contribution is 7.92. The molecule has 8 heteroatoms. The number of sulfonamides is 1. The van der Waals surface area contributed by atoms with Gasteiger partial charge in [-0.1, -0.05) is 75.4 Å². The van der Waals surface area contributed by atoms with Gasteiger partial charge in [0.25, 0.3) is 10.0 Å². The lowest BCUT2D eigenvalue weighted by Crippen LogP contribution is -2.51. The Hall–Kier alpha value is -3.65. The smallest absolute Gasteiger partial charge is 0.264 e. The summed E-state index contributed by atoms with van der Waals surface area (Å²) in [6, 6.07) is 22.2. The van der Waals surface area contributed by atoms with Crippen molar-refractivity contribution < 1.29 is 18.0 Å². The van der Waals surface area contributed by atoms with E-state index in [9.17, 15) is 18.0 Å². The molecule has 38 heavy (non-hydrogen) atoms. The van der Waals surface area contributed by atoms with Gasteiger partial charge in [-0.3, -0.25) is 13.9 Å². The summed E-state index contributed by atoms with van der Waals surface area (Å²) in [6.45, 7) is 7.64. The first-order valence-electron chi connectivity index (χ1n) is 12.8. The number of nitrogens with one attached hydrogen (secondary N) is 1. The zero-order chi connectivity index (χ0) is 27.9. The molecule has 3 aromatic carbocycles. The van der Waals surface area contributed by atoms with E-state index in [1.807, 2.05) is 50.2 Å². The first-order chi connectivity index (χ1) is 18.1. The molecule has 0 bridgehead atoms. The van der Waals surface area contributed by atoms with Crippen LogP contribution in [0.5, 0.6) is 0 Å². The van der Waals surface area contributed by atoms with E-state index in [1.165, 1.54) is 24.1 Å². The number of carbonyl (C=O) groups excluding carboxylic acids is 2. The van der Waals surface area contributed by atoms with Crippen molar-refractivity contribution in [3.8, 4) is 0 Å². The molecule has 0 heterocycles. The zero-order valence-corrected chi connectivity index (χ0v) is 23.5. The van der Waals surface area contributed by atoms with Crippen molar-refractivity contribution in [3.63, 3.8) is 0 Å². The molecule has 0 aliphatic rings. The number of hydrogen-bond acceptors (Lipinski definition) is 4. The summed E-state index contributed by atoms with van der Waals surface area (Å²) in [5, 5.41) is 2.64. The quantitative estimate of drug-likeness (QED) is 0.380. The third kappa shape index (κ3) is 6.61. The van der Waals surface area contributed by atoms with Crippen LogP contribution in [0.1, 0.15) is 49.8 Å². The van der Waals surface area contributed by atoms with E-state index < -0.39 is 28.5 Å². The first-order valence-corrected chi connectivity index (χ1v) is 14.3. The number of likely N-dealkylation sites (N-methyl/N-ethyl adjacent to an activating group) is 1. The van der Waals surface area contributed by atoms with Gasteiger partial charge in [0.05, 0.1) is 10.6 Å². The van der Waals surface area contributed by atoms with E-state index in [0.717, 1.165) is 21.0 Å². The number of amides is 2. The number of anilines is 1. The van der Waals surface area contributed by atoms with Crippen LogP contribution in [0, 0.1) is 6.92 Å². The van der Waals surface area contributed by atoms with Crippen LogP contribution in [0.3, 0.4) is 0 Å². The SMILES string of the molecule is CC[C@@H](C(=O)NC)N(Cc1ccccc1C)C(=O)CN(c1ccc(C(C)C)cc1)S(=O)(=O)c1ccccc1. The van der Waals surface area contributed by atoms with Gasteiger partial charge < -0.3 is 10.2 Å². The highest BCUT2D eigenvalue weighted by atomic mass is 32.2. The van der Waals surface area contributed by atoms with Gasteiger partial charge in [-0.2, -0.15) is 0 Å². The molecule has 2 amide bonds. The zero-order valence-electron chi connectivity index (χ0n) is 22.7. The fourth-order valence-electron chi connectivity index (χ4n) is 4.33. The molecular weight excluding hydrogens is 498 g/mol. The number of carbonyl (C=O) groups is 2. The van der Waals surface area contributed by atoms with Crippen molar-refractivity contribution in [3.05, 3.63) is 95.6 Å². The first kappa shape index (κ1) is 28.9. The molecule has 0 unspecified atom stereocenters. The summed E-state index contributed by atoms with van der Waals surface area (Å²) in [7, 11) is -2.54. The maximum Gasteiger partial charge on any atom is 0.264 e. The normalized spacial score (nSPS) is 12.2. The van der Waals surface area contributed by atoms with Crippen LogP contribution in [0.2, 0.25) is 0 Å². The minimum Gasteiger partial charge on any atom is -0.357 e. The molecule has 0 spiro atoms. The Balaban J connectivity index is 2.07. The Kier molecular flexibility index (Phi) is 9.69. The number of hydrogen-bond donors (Lipinski definition) is 1. The van der Waals surface area contributed by atoms with Gasteiger partial charge >= 0.3 is 0 Å². The van der Waals surface area contributed by atoms with Crippen LogP contribution in [-0.2, 0) is 26.2 Å². The van der Waals surface area contributed by atoms with Gasteiger partial charge in [0.2, 0.25) is 11.8 Å². The van der Waals surface area contributed by atoms with Crippen molar-refractivity contribution >= 4 is 27.5 Å². The lowest BCUT2D eigenvalue weighted by Gasteiger charge is -2.33. The highest BCUT2D eigenvalue weighted by Crippen LogP contribution is 2.27. The molecule has 3 aromatic rings. The van der Waals surface area contributed by atoms with Crippen LogP contribution in [0.4, 0.5) is 5.69 Å². The second-order valence-corrected chi connectivity index (χ2v) is 11.4. The van der Waals surface area contributed by atoms with Crippen LogP contribution >= 0.6 is 0 Å². The van der Waals surface area contributed by atoms with Crippen molar-refractivity contribution in [2.24, 2.45) is 0 Å². The lowest BCUT2D eigenvalue weighted by atomic mass is 10.0. The molecule has 0 aromatic heterocycles. The van der Waals surface area contributed by atoms with Gasteiger partial charge in [0, 0.05) is 13.6 Å². The summed E-state index contributed by atoms with van der Waals surface area (Å²) in [5.41, 5.74) is 3.32. The standard InChI is InChI=1S/C30H37N3O4S/c1-6-28(30(35)31-5)32(20-25-13-11-10-12-23(25)4)29(34)21-33(26-18-16-24(17-19-26)22(2)3)38(36,37)27-14-8-7-9-15-27/h7-19,22,28H,6,20-21H2,1-5H3,(H,31,35)/t28-/m0/s1. The third-order valence-electron chi connectivity index (χ3n) is 6.69. The molecule has 1 atom stereocenters. The Morgan fingerprint density at radius 1 is 0.895 bits per heavy atom. The molecule has 0 fully saturated rings. The van der Waals surface area contributed by atoms with Crippen molar-refractivity contribution in [1.29, 1.82) is 0 Å². The number of benzene rings is 3. The van der Waals surface area contributed by atoms with Crippen LogP contribution in [0.15, 0.2) is 83.8 Å². The molecule has 0 radical (unpaired) electrons. The lowest BCUT2D eigenvalue weighted by molar-refractivity contribution is -0.140. The monoisotopic (exact) mass is 535 g/mol. The van der Waals surface area contributed by atoms with Gasteiger partial charge in [-0.25, -0.2) is 8.42 Å². The molecule has 0 saturated heterocycles. The van der Waals surface area contributed by atoms with Gasteiger partial charge in [0.1, 0.15) is 12.6 Å². The predicted molar refractivity (Wildman–Crippen MR) is 151 cm³/mol. The molecule has 1 N–H and O–H groups in total. The molecular formula is C30H37N3O4S. The fraction of sp³-hybridized carbons (Fsp3) is 0.333. The minimum atomic E-state index is -4.07. The van der Waals surface area contributed by atoms with Crippen LogP contribution in [-0.4, -0.2) is 44.8 Å². The maximum absolute atomic E-state index is 14.0. The summed E-state index contributed by atoms with van der Waals surface area (Å²) < 4.78 is 28.8. The highest BCUT2D eigenvalue weighted by Gasteiger charge is 2.33. The van der Waals surface area contributed by atoms with Crippen molar-refractivity contribution in [2.75, 3.05) is 17.9 Å². The predicted octanol–water partition coefficient (Wildman–Crippen LogP) is 4.87. The fourth-order valence-corrected chi connectivity index (χ4v) is 5.77. The maximum atomic E-state index is 14.0. The Morgan fingerprint density at radius 2 is 1.50 bits per heavy atom. The average Bonchev–Trinajstić information content (AvgIpc) is 2.92. The van der Waals surface area contributed by atoms with E-state index in [-0.39, 0.29) is 23.3 Å². The summed E-state index contributed by atoms with van der Waals surface area (Å²) in [6.07, 6.45) is 0.381. The second-order valence-electron chi connectivity index (χ2n) is 9.56. The molecule has 0 aliphatic carbocycles. The average molecular weight is 536 g/mol. The van der Waals surface area contributed by atoms with Crippen molar-refractivity contribution in [1.82, 2.24) is 10.2 Å². The largest absolute Gasteiger partial charge is 0.357 e. The molecule has 202 valence electrons. The Morgan fingerprint density at radius 3 is 2.05 bits per heavy atom. The number of rotatable bonds is 11. The van der Waals surface area contributed by atoms with Crippen LogP contribution < -0.4 is 9.62 Å². The minimum absolute atomic E-state index is 0.0875. The summed E-state index contributed by atoms with van der Waals surface area (Å²) >= 11 is 0. The van der Waals surface area contributed by atoms with E-state index in [2.05, 4.69) is 19.2 Å². The summed E-state index contributed by atoms with van der Waals surface area (Å²) in [4.78, 5) is 28.3. The van der Waals surface area contributed by atoms with E-state index in [0.29, 0.717) is 12.1 Å². The van der Waals surface area contributed by atoms with Gasteiger partial charge in [-0.15, -0.1) is 0 Å². The number of nitrogens with zero attached hydrogens (tertiary/aromatic N) is 2. The second kappa shape index (κ2) is 12.7. The van der Waals surface area contributed by atoms with Gasteiger partial charge in [-0.05, 0) is 60.2 Å². The summed E-state index contributed by atoms with van der Waals surface area (Å²) in [5.74, 6) is -0.489. The molecule has 7 nitrogen and oxygen atoms in total. The number of aryl methyl sites for hydroxylation is 1. The molecule has 0 saturated carbocycles. The van der Waals surface area contributed by atoms with Crippen LogP contribution in [0.25, 0.3) is 0 Å². The van der Waals surface area contributed by atoms with Crippen molar-refractivity contribution in [2.45, 2.75) is 57.5 Å². The van der Waals surface area contributed by atoms with Gasteiger partial charge in [0.15, 0.2) is 0 Å². The van der Waals surface area contributed by atoms with E-state index in [4.69, 9.17) is 0 Å².